The van der Waals surface area contributed by atoms with Crippen molar-refractivity contribution >= 4 is 12.4 Å². The largest absolute Gasteiger partial charge is 0.496 e. The Hall–Kier alpha value is -4.44. The highest BCUT2D eigenvalue weighted by molar-refractivity contribution is 5.79. The minimum absolute atomic E-state index is 0.0337. The maximum atomic E-state index is 13.5. The third kappa shape index (κ3) is 3.24. The van der Waals surface area contributed by atoms with Crippen molar-refractivity contribution in [1.29, 1.82) is 0 Å². The molecule has 0 unspecified atom stereocenters. The van der Waals surface area contributed by atoms with Crippen LogP contribution in [-0.2, 0) is 30.3 Å². The van der Waals surface area contributed by atoms with Crippen molar-refractivity contribution in [3.63, 3.8) is 0 Å². The molecule has 39 heavy (non-hydrogen) atoms. The highest BCUT2D eigenvalue weighted by Gasteiger charge is 2.79. The van der Waals surface area contributed by atoms with E-state index in [2.05, 4.69) is 0 Å². The van der Waals surface area contributed by atoms with Crippen LogP contribution < -0.4 is 23.7 Å². The molecule has 2 heterocycles. The zero-order valence-corrected chi connectivity index (χ0v) is 21.4. The van der Waals surface area contributed by atoms with Crippen molar-refractivity contribution in [3.05, 3.63) is 77.4 Å². The third-order valence-electron chi connectivity index (χ3n) is 7.88. The van der Waals surface area contributed by atoms with E-state index in [1.165, 1.54) is 21.3 Å². The lowest BCUT2D eigenvalue weighted by molar-refractivity contribution is -0.177. The van der Waals surface area contributed by atoms with Crippen molar-refractivity contribution in [1.82, 2.24) is 0 Å². The van der Waals surface area contributed by atoms with E-state index in [0.29, 0.717) is 28.4 Å². The maximum Gasteiger partial charge on any atom is 0.313 e. The summed E-state index contributed by atoms with van der Waals surface area (Å²) in [6.07, 6.45) is -1.43. The summed E-state index contributed by atoms with van der Waals surface area (Å²) in [6, 6.07) is 17.5. The van der Waals surface area contributed by atoms with E-state index in [4.69, 9.17) is 33.2 Å². The second-order valence-electron chi connectivity index (χ2n) is 9.47. The summed E-state index contributed by atoms with van der Waals surface area (Å²) in [5, 5.41) is 13.0. The number of hydrogen-bond donors (Lipinski definition) is 1. The molecule has 6 rings (SSSR count). The highest BCUT2D eigenvalue weighted by atomic mass is 16.7. The Morgan fingerprint density at radius 3 is 2.44 bits per heavy atom. The first-order chi connectivity index (χ1) is 18.9. The van der Waals surface area contributed by atoms with Gasteiger partial charge in [0.05, 0.1) is 26.9 Å². The van der Waals surface area contributed by atoms with E-state index in [0.717, 1.165) is 0 Å². The molecular weight excluding hydrogens is 508 g/mol. The second kappa shape index (κ2) is 9.09. The first-order valence-corrected chi connectivity index (χ1v) is 12.2. The number of esters is 1. The monoisotopic (exact) mass is 534 g/mol. The summed E-state index contributed by atoms with van der Waals surface area (Å²) in [7, 11) is 4.18. The van der Waals surface area contributed by atoms with Crippen LogP contribution >= 0.6 is 0 Å². The van der Waals surface area contributed by atoms with Crippen LogP contribution in [0, 0.1) is 5.92 Å². The molecule has 3 aromatic rings. The normalized spacial score (nSPS) is 27.6. The molecule has 3 aliphatic rings. The predicted octanol–water partition coefficient (Wildman–Crippen LogP) is 3.04. The van der Waals surface area contributed by atoms with Gasteiger partial charge in [-0.25, -0.2) is 0 Å². The Labute approximate surface area is 223 Å². The molecule has 0 radical (unpaired) electrons. The molecular formula is C29H26O10. The number of fused-ring (bicyclic) bond motifs is 4. The van der Waals surface area contributed by atoms with Gasteiger partial charge in [0, 0.05) is 23.6 Å². The Balaban J connectivity index is 1.74. The van der Waals surface area contributed by atoms with Gasteiger partial charge in [-0.2, -0.15) is 0 Å². The number of aliphatic hydroxyl groups is 1. The van der Waals surface area contributed by atoms with Gasteiger partial charge in [0.25, 0.3) is 6.47 Å². The molecule has 0 spiro atoms. The molecule has 10 nitrogen and oxygen atoms in total. The third-order valence-corrected chi connectivity index (χ3v) is 7.88. The molecule has 0 amide bonds. The fraction of sp³-hybridized carbons (Fsp3) is 0.310. The zero-order valence-electron chi connectivity index (χ0n) is 21.4. The van der Waals surface area contributed by atoms with Crippen LogP contribution in [0.3, 0.4) is 0 Å². The van der Waals surface area contributed by atoms with Crippen molar-refractivity contribution in [2.45, 2.75) is 23.2 Å². The molecule has 10 heteroatoms. The number of hydrogen-bond acceptors (Lipinski definition) is 10. The van der Waals surface area contributed by atoms with E-state index in [-0.39, 0.29) is 30.3 Å². The van der Waals surface area contributed by atoms with Gasteiger partial charge >= 0.3 is 5.97 Å². The molecule has 5 atom stereocenters. The van der Waals surface area contributed by atoms with Crippen LogP contribution in [0.4, 0.5) is 0 Å². The predicted molar refractivity (Wildman–Crippen MR) is 134 cm³/mol. The molecule has 1 aliphatic carbocycles. The average molecular weight is 535 g/mol. The molecule has 0 saturated heterocycles. The Morgan fingerprint density at radius 1 is 0.974 bits per heavy atom. The standard InChI is InChI=1S/C29H26O10/c1-33-18-12-21(34-2)25-22(13-18)39-29(17-9-10-19-20(11-17)38-15-37-19)24(16-7-5-4-6-8-16)23(27(31)35-3)26(36-14-30)28(25,29)32/h4-14,23-24,26,32H,15H2,1-3H3/t23-,24-,26+,28+,29+/m1/s1. The summed E-state index contributed by atoms with van der Waals surface area (Å²) in [5.41, 5.74) is -2.52. The first-order valence-electron chi connectivity index (χ1n) is 12.2. The van der Waals surface area contributed by atoms with Gasteiger partial charge in [0.2, 0.25) is 6.79 Å². The van der Waals surface area contributed by atoms with Gasteiger partial charge in [-0.3, -0.25) is 9.59 Å². The SMILES string of the molecule is COC(=O)[C@@H]1[C@@H](c2ccccc2)[C@]2(c3ccc4c(c3)OCO4)Oc3cc(OC)cc(OC)c3[C@]2(O)[C@H]1OC=O. The van der Waals surface area contributed by atoms with Gasteiger partial charge in [0.1, 0.15) is 23.2 Å². The molecule has 1 fully saturated rings. The van der Waals surface area contributed by atoms with Crippen LogP contribution in [0.2, 0.25) is 0 Å². The number of benzene rings is 3. The van der Waals surface area contributed by atoms with Crippen molar-refractivity contribution in [2.24, 2.45) is 5.92 Å². The smallest absolute Gasteiger partial charge is 0.313 e. The van der Waals surface area contributed by atoms with E-state index in [9.17, 15) is 14.7 Å². The van der Waals surface area contributed by atoms with Gasteiger partial charge in [0.15, 0.2) is 28.8 Å². The van der Waals surface area contributed by atoms with Gasteiger partial charge < -0.3 is 38.3 Å². The van der Waals surface area contributed by atoms with E-state index >= 15 is 0 Å². The summed E-state index contributed by atoms with van der Waals surface area (Å²) in [6.45, 7) is 0.246. The van der Waals surface area contributed by atoms with Crippen LogP contribution in [0.15, 0.2) is 60.7 Å². The Kier molecular flexibility index (Phi) is 5.80. The lowest BCUT2D eigenvalue weighted by Crippen LogP contribution is -2.52. The number of carbonyl (C=O) groups excluding carboxylic acids is 2. The highest BCUT2D eigenvalue weighted by Crippen LogP contribution is 2.71. The van der Waals surface area contributed by atoms with Crippen LogP contribution in [0.1, 0.15) is 22.6 Å². The fourth-order valence-electron chi connectivity index (χ4n) is 6.41. The van der Waals surface area contributed by atoms with Crippen LogP contribution in [0.5, 0.6) is 28.7 Å². The van der Waals surface area contributed by atoms with E-state index in [1.54, 1.807) is 30.3 Å². The van der Waals surface area contributed by atoms with E-state index in [1.807, 2.05) is 30.3 Å². The van der Waals surface area contributed by atoms with Gasteiger partial charge in [-0.1, -0.05) is 36.4 Å². The second-order valence-corrected chi connectivity index (χ2v) is 9.47. The van der Waals surface area contributed by atoms with Crippen LogP contribution in [-0.4, -0.2) is 51.8 Å². The molecule has 0 bridgehead atoms. The Morgan fingerprint density at radius 2 is 1.74 bits per heavy atom. The number of carbonyl (C=O) groups is 2. The molecule has 1 saturated carbocycles. The lowest BCUT2D eigenvalue weighted by atomic mass is 9.70. The van der Waals surface area contributed by atoms with Gasteiger partial charge in [-0.15, -0.1) is 0 Å². The number of rotatable bonds is 7. The molecule has 3 aromatic carbocycles. The summed E-state index contributed by atoms with van der Waals surface area (Å²) >= 11 is 0. The van der Waals surface area contributed by atoms with Crippen molar-refractivity contribution in [2.75, 3.05) is 28.1 Å². The molecule has 202 valence electrons. The van der Waals surface area contributed by atoms with E-state index < -0.39 is 35.1 Å². The van der Waals surface area contributed by atoms with Crippen molar-refractivity contribution in [3.8, 4) is 28.7 Å². The van der Waals surface area contributed by atoms with Crippen LogP contribution in [0.25, 0.3) is 0 Å². The molecule has 1 N–H and O–H groups in total. The topological polar surface area (TPSA) is 119 Å². The number of methoxy groups -OCH3 is 3. The first kappa shape index (κ1) is 24.9. The minimum atomic E-state index is -2.13. The minimum Gasteiger partial charge on any atom is -0.496 e. The molecule has 2 aliphatic heterocycles. The quantitative estimate of drug-likeness (QED) is 0.358. The Bertz CT molecular complexity index is 1440. The lowest BCUT2D eigenvalue weighted by Gasteiger charge is -2.40. The summed E-state index contributed by atoms with van der Waals surface area (Å²) in [5.74, 6) is -0.897. The van der Waals surface area contributed by atoms with Crippen molar-refractivity contribution < 1.29 is 47.9 Å². The number of ether oxygens (including phenoxy) is 7. The molecule has 0 aromatic heterocycles. The summed E-state index contributed by atoms with van der Waals surface area (Å²) < 4.78 is 40.0. The maximum absolute atomic E-state index is 13.5. The fourth-order valence-corrected chi connectivity index (χ4v) is 6.41. The van der Waals surface area contributed by atoms with Gasteiger partial charge in [-0.05, 0) is 17.7 Å². The zero-order chi connectivity index (χ0) is 27.4. The summed E-state index contributed by atoms with van der Waals surface area (Å²) in [4.78, 5) is 25.4. The average Bonchev–Trinajstić information content (AvgIpc) is 3.60.